The van der Waals surface area contributed by atoms with Gasteiger partial charge in [-0.1, -0.05) is 0 Å². The predicted molar refractivity (Wildman–Crippen MR) is 39.0 cm³/mol. The molecule has 6 N–H and O–H groups in total. The van der Waals surface area contributed by atoms with Crippen LogP contribution in [0, 0.1) is 0 Å². The number of rotatable bonds is 3. The van der Waals surface area contributed by atoms with Crippen LogP contribution in [0.2, 0.25) is 0 Å². The van der Waals surface area contributed by atoms with E-state index in [2.05, 4.69) is 4.84 Å². The van der Waals surface area contributed by atoms with Gasteiger partial charge >= 0.3 is 0 Å². The summed E-state index contributed by atoms with van der Waals surface area (Å²) in [6.45, 7) is -0.578. The zero-order valence-corrected chi connectivity index (χ0v) is 6.78. The average Bonchev–Trinajstić information content (AvgIpc) is 2.40. The standard InChI is InChI=1S/C6H13NO6/c7-13-5-3(10)4(2(9)1-8)12-6(5)11/h2-6,8-11H,1,7H2/t2-,3-,4+,5-,6-/m0/s1. The van der Waals surface area contributed by atoms with Crippen molar-refractivity contribution >= 4 is 0 Å². The van der Waals surface area contributed by atoms with Crippen LogP contribution in [-0.4, -0.2) is 57.7 Å². The first-order valence-electron chi connectivity index (χ1n) is 3.78. The van der Waals surface area contributed by atoms with Crippen molar-refractivity contribution in [2.45, 2.75) is 30.7 Å². The SMILES string of the molecule is NO[C@H]1[C@@H](O)[C@@H]([C@@H](O)CO)O[C@@H]1O. The van der Waals surface area contributed by atoms with E-state index in [-0.39, 0.29) is 0 Å². The van der Waals surface area contributed by atoms with E-state index in [4.69, 9.17) is 26.0 Å². The number of nitrogens with two attached hydrogens (primary N) is 1. The second kappa shape index (κ2) is 4.29. The van der Waals surface area contributed by atoms with Crippen LogP contribution in [0.5, 0.6) is 0 Å². The first kappa shape index (κ1) is 10.8. The van der Waals surface area contributed by atoms with Crippen molar-refractivity contribution in [3.63, 3.8) is 0 Å². The van der Waals surface area contributed by atoms with Gasteiger partial charge in [0.05, 0.1) is 6.61 Å². The van der Waals surface area contributed by atoms with Crippen molar-refractivity contribution in [2.75, 3.05) is 6.61 Å². The minimum atomic E-state index is -1.40. The first-order valence-corrected chi connectivity index (χ1v) is 3.78. The topological polar surface area (TPSA) is 125 Å². The maximum absolute atomic E-state index is 9.36. The molecule has 1 aliphatic rings. The molecule has 1 saturated heterocycles. The Morgan fingerprint density at radius 1 is 1.46 bits per heavy atom. The molecule has 1 heterocycles. The van der Waals surface area contributed by atoms with Crippen LogP contribution in [0.1, 0.15) is 0 Å². The third kappa shape index (κ3) is 1.97. The lowest BCUT2D eigenvalue weighted by molar-refractivity contribution is -0.159. The highest BCUT2D eigenvalue weighted by Gasteiger charge is 2.46. The summed E-state index contributed by atoms with van der Waals surface area (Å²) in [5.41, 5.74) is 0. The minimum absolute atomic E-state index is 0.578. The van der Waals surface area contributed by atoms with E-state index in [1.54, 1.807) is 0 Å². The van der Waals surface area contributed by atoms with Crippen LogP contribution in [0.4, 0.5) is 0 Å². The molecule has 7 nitrogen and oxygen atoms in total. The van der Waals surface area contributed by atoms with Gasteiger partial charge in [0.15, 0.2) is 12.4 Å². The molecule has 0 radical (unpaired) electrons. The smallest absolute Gasteiger partial charge is 0.186 e. The Morgan fingerprint density at radius 3 is 2.46 bits per heavy atom. The highest BCUT2D eigenvalue weighted by atomic mass is 16.7. The Kier molecular flexibility index (Phi) is 3.56. The van der Waals surface area contributed by atoms with Crippen LogP contribution in [0.3, 0.4) is 0 Å². The maximum Gasteiger partial charge on any atom is 0.186 e. The second-order valence-electron chi connectivity index (χ2n) is 2.83. The van der Waals surface area contributed by atoms with Gasteiger partial charge in [-0.25, -0.2) is 5.90 Å². The number of hydrogen-bond donors (Lipinski definition) is 5. The van der Waals surface area contributed by atoms with E-state index in [0.29, 0.717) is 0 Å². The lowest BCUT2D eigenvalue weighted by Crippen LogP contribution is -2.42. The third-order valence-corrected chi connectivity index (χ3v) is 1.97. The Hall–Kier alpha value is -0.280. The van der Waals surface area contributed by atoms with Crippen molar-refractivity contribution < 1.29 is 30.0 Å². The van der Waals surface area contributed by atoms with Gasteiger partial charge in [0.2, 0.25) is 0 Å². The van der Waals surface area contributed by atoms with Gasteiger partial charge in [-0.2, -0.15) is 0 Å². The molecule has 0 saturated carbocycles. The highest BCUT2D eigenvalue weighted by Crippen LogP contribution is 2.23. The Balaban J connectivity index is 2.61. The Bertz CT molecular complexity index is 167. The lowest BCUT2D eigenvalue weighted by Gasteiger charge is -2.18. The molecule has 0 amide bonds. The summed E-state index contributed by atoms with van der Waals surface area (Å²) >= 11 is 0. The predicted octanol–water partition coefficient (Wildman–Crippen LogP) is -3.32. The average molecular weight is 195 g/mol. The van der Waals surface area contributed by atoms with Gasteiger partial charge in [0.25, 0.3) is 0 Å². The lowest BCUT2D eigenvalue weighted by atomic mass is 10.1. The second-order valence-corrected chi connectivity index (χ2v) is 2.83. The van der Waals surface area contributed by atoms with Crippen molar-refractivity contribution in [3.8, 4) is 0 Å². The maximum atomic E-state index is 9.36. The van der Waals surface area contributed by atoms with E-state index in [0.717, 1.165) is 0 Å². The zero-order valence-electron chi connectivity index (χ0n) is 6.78. The van der Waals surface area contributed by atoms with Crippen molar-refractivity contribution in [1.29, 1.82) is 0 Å². The molecular weight excluding hydrogens is 182 g/mol. The summed E-state index contributed by atoms with van der Waals surface area (Å²) < 4.78 is 4.72. The van der Waals surface area contributed by atoms with Gasteiger partial charge in [0, 0.05) is 0 Å². The van der Waals surface area contributed by atoms with Crippen LogP contribution in [0.25, 0.3) is 0 Å². The van der Waals surface area contributed by atoms with Crippen LogP contribution >= 0.6 is 0 Å². The number of ether oxygens (including phenoxy) is 1. The highest BCUT2D eigenvalue weighted by molar-refractivity contribution is 4.90. The number of hydrogen-bond acceptors (Lipinski definition) is 7. The fourth-order valence-corrected chi connectivity index (χ4v) is 1.24. The van der Waals surface area contributed by atoms with E-state index in [1.165, 1.54) is 0 Å². The van der Waals surface area contributed by atoms with Crippen LogP contribution in [-0.2, 0) is 9.57 Å². The molecule has 13 heavy (non-hydrogen) atoms. The molecule has 5 atom stereocenters. The Morgan fingerprint density at radius 2 is 2.08 bits per heavy atom. The summed E-state index contributed by atoms with van der Waals surface area (Å²) in [5, 5.41) is 36.1. The van der Waals surface area contributed by atoms with E-state index >= 15 is 0 Å². The summed E-state index contributed by atoms with van der Waals surface area (Å²) in [5.74, 6) is 4.77. The molecule has 0 aromatic heterocycles. The molecule has 0 bridgehead atoms. The molecule has 0 aromatic rings. The molecule has 1 fully saturated rings. The molecule has 7 heteroatoms. The molecular formula is C6H13NO6. The largest absolute Gasteiger partial charge is 0.394 e. The van der Waals surface area contributed by atoms with Crippen LogP contribution in [0.15, 0.2) is 0 Å². The van der Waals surface area contributed by atoms with Crippen molar-refractivity contribution in [3.05, 3.63) is 0 Å². The monoisotopic (exact) mass is 195 g/mol. The quantitative estimate of drug-likeness (QED) is 0.298. The fourth-order valence-electron chi connectivity index (χ4n) is 1.24. The summed E-state index contributed by atoms with van der Waals surface area (Å²) in [4.78, 5) is 4.24. The third-order valence-electron chi connectivity index (χ3n) is 1.97. The van der Waals surface area contributed by atoms with Crippen molar-refractivity contribution in [1.82, 2.24) is 0 Å². The minimum Gasteiger partial charge on any atom is -0.394 e. The fraction of sp³-hybridized carbons (Fsp3) is 1.00. The molecule has 0 spiro atoms. The normalized spacial score (nSPS) is 42.2. The van der Waals surface area contributed by atoms with Gasteiger partial charge in [-0.05, 0) is 0 Å². The van der Waals surface area contributed by atoms with Crippen LogP contribution < -0.4 is 5.90 Å². The van der Waals surface area contributed by atoms with E-state index in [1.807, 2.05) is 0 Å². The van der Waals surface area contributed by atoms with E-state index in [9.17, 15) is 5.11 Å². The number of aliphatic hydroxyl groups excluding tert-OH is 4. The summed E-state index contributed by atoms with van der Waals surface area (Å²) in [6.07, 6.45) is -6.13. The Labute approximate surface area is 74.3 Å². The van der Waals surface area contributed by atoms with Gasteiger partial charge in [0.1, 0.15) is 18.3 Å². The molecule has 0 unspecified atom stereocenters. The molecule has 1 rings (SSSR count). The molecule has 0 aromatic carbocycles. The summed E-state index contributed by atoms with van der Waals surface area (Å²) in [7, 11) is 0. The van der Waals surface area contributed by atoms with Gasteiger partial charge in [-0.3, -0.25) is 4.84 Å². The number of aliphatic hydroxyl groups is 4. The van der Waals surface area contributed by atoms with Gasteiger partial charge in [-0.15, -0.1) is 0 Å². The van der Waals surface area contributed by atoms with Crippen molar-refractivity contribution in [2.24, 2.45) is 5.90 Å². The first-order chi connectivity index (χ1) is 6.11. The van der Waals surface area contributed by atoms with Gasteiger partial charge < -0.3 is 25.2 Å². The zero-order chi connectivity index (χ0) is 10.0. The summed E-state index contributed by atoms with van der Waals surface area (Å²) in [6, 6.07) is 0. The molecule has 1 aliphatic heterocycles. The molecule has 78 valence electrons. The molecule has 0 aliphatic carbocycles. The van der Waals surface area contributed by atoms with E-state index < -0.39 is 37.3 Å².